The van der Waals surface area contributed by atoms with Crippen molar-refractivity contribution in [1.29, 1.82) is 0 Å². The molecule has 3 heteroatoms. The first-order valence-corrected chi connectivity index (χ1v) is 7.04. The number of nitrogens with zero attached hydrogens (tertiary/aromatic N) is 2. The van der Waals surface area contributed by atoms with Crippen molar-refractivity contribution in [1.82, 2.24) is 15.1 Å². The molecule has 2 saturated heterocycles. The van der Waals surface area contributed by atoms with Crippen LogP contribution in [0.2, 0.25) is 0 Å². The first-order chi connectivity index (χ1) is 7.88. The van der Waals surface area contributed by atoms with Gasteiger partial charge in [0, 0.05) is 32.7 Å². The molecular formula is C13H27N3. The van der Waals surface area contributed by atoms with Gasteiger partial charge in [-0.05, 0) is 38.4 Å². The largest absolute Gasteiger partial charge is 0.315 e. The van der Waals surface area contributed by atoms with Gasteiger partial charge in [-0.3, -0.25) is 0 Å². The zero-order valence-corrected chi connectivity index (χ0v) is 10.7. The quantitative estimate of drug-likeness (QED) is 0.770. The summed E-state index contributed by atoms with van der Waals surface area (Å²) in [6.07, 6.45) is 4.11. The summed E-state index contributed by atoms with van der Waals surface area (Å²) in [4.78, 5) is 5.28. The minimum absolute atomic E-state index is 0.978. The molecule has 1 unspecified atom stereocenters. The zero-order chi connectivity index (χ0) is 11.2. The van der Waals surface area contributed by atoms with Gasteiger partial charge < -0.3 is 15.1 Å². The monoisotopic (exact) mass is 225 g/mol. The summed E-state index contributed by atoms with van der Waals surface area (Å²) < 4.78 is 0. The van der Waals surface area contributed by atoms with Gasteiger partial charge in [-0.25, -0.2) is 0 Å². The van der Waals surface area contributed by atoms with Crippen molar-refractivity contribution in [2.75, 3.05) is 52.4 Å². The fraction of sp³-hybridized carbons (Fsp3) is 1.00. The number of hydrogen-bond donors (Lipinski definition) is 1. The van der Waals surface area contributed by atoms with E-state index in [1.165, 1.54) is 71.6 Å². The lowest BCUT2D eigenvalue weighted by Gasteiger charge is -2.23. The Balaban J connectivity index is 1.63. The van der Waals surface area contributed by atoms with Crippen LogP contribution in [0.4, 0.5) is 0 Å². The third-order valence-electron chi connectivity index (χ3n) is 4.11. The van der Waals surface area contributed by atoms with Gasteiger partial charge in [-0.2, -0.15) is 0 Å². The maximum atomic E-state index is 3.47. The summed E-state index contributed by atoms with van der Waals surface area (Å²) in [5, 5.41) is 3.47. The van der Waals surface area contributed by atoms with Crippen LogP contribution in [0.15, 0.2) is 0 Å². The molecule has 0 bridgehead atoms. The van der Waals surface area contributed by atoms with Gasteiger partial charge in [0.15, 0.2) is 0 Å². The zero-order valence-electron chi connectivity index (χ0n) is 10.7. The van der Waals surface area contributed by atoms with Crippen molar-refractivity contribution in [2.24, 2.45) is 5.92 Å². The fourth-order valence-electron chi connectivity index (χ4n) is 2.86. The van der Waals surface area contributed by atoms with Gasteiger partial charge in [-0.15, -0.1) is 0 Å². The third-order valence-corrected chi connectivity index (χ3v) is 4.11. The standard InChI is InChI=1S/C13H27N3/c1-2-13-4-8-16(12-13)11-10-15-7-3-5-14-6-9-15/h13-14H,2-12H2,1H3. The highest BCUT2D eigenvalue weighted by Crippen LogP contribution is 2.18. The van der Waals surface area contributed by atoms with Crippen LogP contribution in [0.5, 0.6) is 0 Å². The molecule has 3 nitrogen and oxygen atoms in total. The molecule has 16 heavy (non-hydrogen) atoms. The van der Waals surface area contributed by atoms with E-state index in [1.807, 2.05) is 0 Å². The predicted molar refractivity (Wildman–Crippen MR) is 68.8 cm³/mol. The third kappa shape index (κ3) is 3.72. The van der Waals surface area contributed by atoms with E-state index >= 15 is 0 Å². The predicted octanol–water partition coefficient (Wildman–Crippen LogP) is 1.01. The Morgan fingerprint density at radius 2 is 1.94 bits per heavy atom. The summed E-state index contributed by atoms with van der Waals surface area (Å²) in [6.45, 7) is 12.5. The van der Waals surface area contributed by atoms with E-state index < -0.39 is 0 Å². The summed E-state index contributed by atoms with van der Waals surface area (Å²) in [6, 6.07) is 0. The molecule has 0 aliphatic carbocycles. The molecule has 94 valence electrons. The highest BCUT2D eigenvalue weighted by molar-refractivity contribution is 4.76. The normalized spacial score (nSPS) is 29.4. The average molecular weight is 225 g/mol. The molecule has 0 saturated carbocycles. The highest BCUT2D eigenvalue weighted by Gasteiger charge is 2.21. The molecule has 0 radical (unpaired) electrons. The smallest absolute Gasteiger partial charge is 0.0110 e. The molecule has 2 aliphatic heterocycles. The molecule has 1 N–H and O–H groups in total. The fourth-order valence-corrected chi connectivity index (χ4v) is 2.86. The van der Waals surface area contributed by atoms with Gasteiger partial charge in [-0.1, -0.05) is 13.3 Å². The Morgan fingerprint density at radius 3 is 2.75 bits per heavy atom. The summed E-state index contributed by atoms with van der Waals surface area (Å²) >= 11 is 0. The Bertz CT molecular complexity index is 188. The minimum atomic E-state index is 0.978. The lowest BCUT2D eigenvalue weighted by atomic mass is 10.1. The van der Waals surface area contributed by atoms with Crippen molar-refractivity contribution in [3.05, 3.63) is 0 Å². The molecule has 0 aromatic heterocycles. The summed E-state index contributed by atoms with van der Waals surface area (Å²) in [7, 11) is 0. The summed E-state index contributed by atoms with van der Waals surface area (Å²) in [5.41, 5.74) is 0. The van der Waals surface area contributed by atoms with Gasteiger partial charge >= 0.3 is 0 Å². The van der Waals surface area contributed by atoms with Crippen LogP contribution in [0.1, 0.15) is 26.2 Å². The number of likely N-dealkylation sites (tertiary alicyclic amines) is 1. The van der Waals surface area contributed by atoms with Crippen molar-refractivity contribution in [2.45, 2.75) is 26.2 Å². The number of nitrogens with one attached hydrogen (secondary N) is 1. The Morgan fingerprint density at radius 1 is 1.06 bits per heavy atom. The summed E-state index contributed by atoms with van der Waals surface area (Å²) in [5.74, 6) is 0.978. The van der Waals surface area contributed by atoms with Crippen LogP contribution in [-0.4, -0.2) is 62.2 Å². The van der Waals surface area contributed by atoms with Crippen LogP contribution in [-0.2, 0) is 0 Å². The molecule has 2 heterocycles. The number of hydrogen-bond acceptors (Lipinski definition) is 3. The highest BCUT2D eigenvalue weighted by atomic mass is 15.2. The van der Waals surface area contributed by atoms with E-state index in [2.05, 4.69) is 22.0 Å². The van der Waals surface area contributed by atoms with E-state index in [-0.39, 0.29) is 0 Å². The second-order valence-corrected chi connectivity index (χ2v) is 5.31. The van der Waals surface area contributed by atoms with E-state index in [4.69, 9.17) is 0 Å². The average Bonchev–Trinajstić information content (AvgIpc) is 2.61. The Hall–Kier alpha value is -0.120. The second-order valence-electron chi connectivity index (χ2n) is 5.31. The van der Waals surface area contributed by atoms with Gasteiger partial charge in [0.05, 0.1) is 0 Å². The first-order valence-electron chi connectivity index (χ1n) is 7.04. The maximum Gasteiger partial charge on any atom is 0.0110 e. The molecule has 0 aromatic rings. The Kier molecular flexibility index (Phi) is 5.07. The van der Waals surface area contributed by atoms with Crippen molar-refractivity contribution < 1.29 is 0 Å². The van der Waals surface area contributed by atoms with Crippen molar-refractivity contribution in [3.8, 4) is 0 Å². The lowest BCUT2D eigenvalue weighted by molar-refractivity contribution is 0.231. The molecule has 0 aromatic carbocycles. The van der Waals surface area contributed by atoms with Crippen molar-refractivity contribution >= 4 is 0 Å². The SMILES string of the molecule is CCC1CCN(CCN2CCCNCC2)C1. The molecule has 2 fully saturated rings. The molecular weight excluding hydrogens is 198 g/mol. The molecule has 2 rings (SSSR count). The molecule has 0 amide bonds. The van der Waals surface area contributed by atoms with E-state index in [0.717, 1.165) is 5.92 Å². The van der Waals surface area contributed by atoms with Gasteiger partial charge in [0.25, 0.3) is 0 Å². The van der Waals surface area contributed by atoms with E-state index in [0.29, 0.717) is 0 Å². The topological polar surface area (TPSA) is 18.5 Å². The van der Waals surface area contributed by atoms with Crippen LogP contribution in [0.25, 0.3) is 0 Å². The van der Waals surface area contributed by atoms with Crippen LogP contribution < -0.4 is 5.32 Å². The van der Waals surface area contributed by atoms with Crippen LogP contribution >= 0.6 is 0 Å². The van der Waals surface area contributed by atoms with E-state index in [9.17, 15) is 0 Å². The molecule has 0 spiro atoms. The minimum Gasteiger partial charge on any atom is -0.315 e. The molecule has 1 atom stereocenters. The molecule has 2 aliphatic rings. The second kappa shape index (κ2) is 6.58. The van der Waals surface area contributed by atoms with Crippen molar-refractivity contribution in [3.63, 3.8) is 0 Å². The Labute approximate surface area is 100 Å². The number of rotatable bonds is 4. The van der Waals surface area contributed by atoms with Gasteiger partial charge in [0.1, 0.15) is 0 Å². The van der Waals surface area contributed by atoms with Gasteiger partial charge in [0.2, 0.25) is 0 Å². The maximum absolute atomic E-state index is 3.47. The lowest BCUT2D eigenvalue weighted by Crippen LogP contribution is -2.36. The van der Waals surface area contributed by atoms with Crippen LogP contribution in [0.3, 0.4) is 0 Å². The first kappa shape index (κ1) is 12.3. The van der Waals surface area contributed by atoms with E-state index in [1.54, 1.807) is 0 Å². The van der Waals surface area contributed by atoms with Crippen LogP contribution in [0, 0.1) is 5.92 Å².